The Hall–Kier alpha value is -1.89. The summed E-state index contributed by atoms with van der Waals surface area (Å²) in [6.07, 6.45) is 2.82. The molecule has 0 aliphatic carbocycles. The first-order valence-electron chi connectivity index (χ1n) is 6.21. The zero-order chi connectivity index (χ0) is 14.1. The van der Waals surface area contributed by atoms with Crippen molar-refractivity contribution in [2.75, 3.05) is 19.8 Å². The second-order valence-corrected chi connectivity index (χ2v) is 3.96. The topological polar surface area (TPSA) is 102 Å². The van der Waals surface area contributed by atoms with Crippen molar-refractivity contribution in [3.05, 3.63) is 17.5 Å². The van der Waals surface area contributed by atoms with Crippen LogP contribution < -0.4 is 5.32 Å². The molecule has 1 amide bonds. The number of amides is 1. The summed E-state index contributed by atoms with van der Waals surface area (Å²) in [4.78, 5) is 22.1. The molecule has 0 saturated heterocycles. The number of carboxylic acids is 1. The number of aromatic nitrogens is 1. The van der Waals surface area contributed by atoms with Crippen LogP contribution >= 0.6 is 0 Å². The number of ether oxygens (including phenoxy) is 1. The lowest BCUT2D eigenvalue weighted by Gasteiger charge is -2.04. The average molecular weight is 270 g/mol. The highest BCUT2D eigenvalue weighted by molar-refractivity contribution is 5.94. The first kappa shape index (κ1) is 15.2. The molecule has 106 valence electrons. The second-order valence-electron chi connectivity index (χ2n) is 3.96. The summed E-state index contributed by atoms with van der Waals surface area (Å²) in [7, 11) is 0. The van der Waals surface area contributed by atoms with E-state index in [1.165, 1.54) is 0 Å². The highest BCUT2D eigenvalue weighted by atomic mass is 16.5. The van der Waals surface area contributed by atoms with Crippen LogP contribution in [0.2, 0.25) is 0 Å². The third-order valence-electron chi connectivity index (χ3n) is 2.35. The molecule has 0 aliphatic heterocycles. The SMILES string of the molecule is CCCCOCCCNC(=O)c1cc(C(=O)O)on1. The fourth-order valence-corrected chi connectivity index (χ4v) is 1.30. The maximum absolute atomic E-state index is 11.5. The lowest BCUT2D eigenvalue weighted by molar-refractivity contribution is 0.0651. The molecule has 0 atom stereocenters. The van der Waals surface area contributed by atoms with Crippen LogP contribution in [0, 0.1) is 0 Å². The molecule has 0 aliphatic rings. The molecule has 0 unspecified atom stereocenters. The van der Waals surface area contributed by atoms with Crippen LogP contribution in [0.4, 0.5) is 0 Å². The molecule has 7 heteroatoms. The predicted octanol–water partition coefficient (Wildman–Crippen LogP) is 1.31. The molecule has 1 aromatic rings. The maximum Gasteiger partial charge on any atom is 0.374 e. The molecular weight excluding hydrogens is 252 g/mol. The van der Waals surface area contributed by atoms with Crippen molar-refractivity contribution < 1.29 is 24.0 Å². The van der Waals surface area contributed by atoms with Crippen LogP contribution in [0.5, 0.6) is 0 Å². The molecule has 1 rings (SSSR count). The molecule has 2 N–H and O–H groups in total. The van der Waals surface area contributed by atoms with E-state index in [0.717, 1.165) is 25.5 Å². The van der Waals surface area contributed by atoms with Gasteiger partial charge < -0.3 is 19.7 Å². The molecule has 0 fully saturated rings. The zero-order valence-electron chi connectivity index (χ0n) is 10.8. The van der Waals surface area contributed by atoms with Gasteiger partial charge in [-0.3, -0.25) is 4.79 Å². The molecule has 1 aromatic heterocycles. The van der Waals surface area contributed by atoms with E-state index < -0.39 is 11.9 Å². The molecule has 1 heterocycles. The van der Waals surface area contributed by atoms with Crippen LogP contribution in [0.15, 0.2) is 10.6 Å². The highest BCUT2D eigenvalue weighted by Crippen LogP contribution is 2.03. The van der Waals surface area contributed by atoms with Crippen LogP contribution in [0.3, 0.4) is 0 Å². The van der Waals surface area contributed by atoms with Crippen molar-refractivity contribution in [2.24, 2.45) is 0 Å². The Balaban J connectivity index is 2.18. The van der Waals surface area contributed by atoms with E-state index in [-0.39, 0.29) is 11.5 Å². The van der Waals surface area contributed by atoms with E-state index in [4.69, 9.17) is 9.84 Å². The van der Waals surface area contributed by atoms with Gasteiger partial charge in [-0.2, -0.15) is 0 Å². The Kier molecular flexibility index (Phi) is 6.59. The summed E-state index contributed by atoms with van der Waals surface area (Å²) < 4.78 is 9.82. The van der Waals surface area contributed by atoms with Gasteiger partial charge >= 0.3 is 5.97 Å². The minimum absolute atomic E-state index is 0.0377. The van der Waals surface area contributed by atoms with Crippen LogP contribution in [-0.4, -0.2) is 41.9 Å². The molecule has 0 bridgehead atoms. The van der Waals surface area contributed by atoms with Gasteiger partial charge in [-0.15, -0.1) is 0 Å². The number of nitrogens with zero attached hydrogens (tertiary/aromatic N) is 1. The van der Waals surface area contributed by atoms with Gasteiger partial charge in [-0.05, 0) is 12.8 Å². The van der Waals surface area contributed by atoms with Crippen LogP contribution in [0.25, 0.3) is 0 Å². The Morgan fingerprint density at radius 3 is 2.79 bits per heavy atom. The van der Waals surface area contributed by atoms with Crippen molar-refractivity contribution in [3.63, 3.8) is 0 Å². The van der Waals surface area contributed by atoms with Gasteiger partial charge in [0.25, 0.3) is 5.91 Å². The van der Waals surface area contributed by atoms with E-state index in [1.54, 1.807) is 0 Å². The molecule has 0 spiro atoms. The summed E-state index contributed by atoms with van der Waals surface area (Å²) in [5.41, 5.74) is -0.0377. The fraction of sp³-hybridized carbons (Fsp3) is 0.583. The van der Waals surface area contributed by atoms with E-state index in [2.05, 4.69) is 21.9 Å². The van der Waals surface area contributed by atoms with E-state index >= 15 is 0 Å². The molecule has 0 radical (unpaired) electrons. The first-order valence-corrected chi connectivity index (χ1v) is 6.21. The minimum atomic E-state index is -1.25. The van der Waals surface area contributed by atoms with Gasteiger partial charge in [-0.1, -0.05) is 18.5 Å². The summed E-state index contributed by atoms with van der Waals surface area (Å²) in [6, 6.07) is 1.09. The smallest absolute Gasteiger partial charge is 0.374 e. The minimum Gasteiger partial charge on any atom is -0.475 e. The molecule has 0 aromatic carbocycles. The van der Waals surface area contributed by atoms with Crippen LogP contribution in [-0.2, 0) is 4.74 Å². The Morgan fingerprint density at radius 1 is 1.42 bits per heavy atom. The van der Waals surface area contributed by atoms with Gasteiger partial charge in [0.15, 0.2) is 5.69 Å². The number of carboxylic acid groups (broad SMARTS) is 1. The molecule has 19 heavy (non-hydrogen) atoms. The standard InChI is InChI=1S/C12H18N2O5/c1-2-3-6-18-7-4-5-13-11(15)9-8-10(12(16)17)19-14-9/h8H,2-7H2,1H3,(H,13,15)(H,16,17). The number of rotatable bonds is 9. The van der Waals surface area contributed by atoms with Crippen molar-refractivity contribution in [3.8, 4) is 0 Å². The summed E-state index contributed by atoms with van der Waals surface area (Å²) in [5, 5.41) is 14.6. The summed E-state index contributed by atoms with van der Waals surface area (Å²) >= 11 is 0. The van der Waals surface area contributed by atoms with Crippen molar-refractivity contribution in [1.29, 1.82) is 0 Å². The number of aromatic carboxylic acids is 1. The predicted molar refractivity (Wildman–Crippen MR) is 66.1 cm³/mol. The zero-order valence-corrected chi connectivity index (χ0v) is 10.8. The van der Waals surface area contributed by atoms with Gasteiger partial charge in [0, 0.05) is 25.8 Å². The van der Waals surface area contributed by atoms with Crippen molar-refractivity contribution >= 4 is 11.9 Å². The average Bonchev–Trinajstić information content (AvgIpc) is 2.87. The van der Waals surface area contributed by atoms with Crippen molar-refractivity contribution in [1.82, 2.24) is 10.5 Å². The van der Waals surface area contributed by atoms with Crippen LogP contribution in [0.1, 0.15) is 47.2 Å². The largest absolute Gasteiger partial charge is 0.475 e. The first-order chi connectivity index (χ1) is 9.15. The van der Waals surface area contributed by atoms with E-state index in [9.17, 15) is 9.59 Å². The van der Waals surface area contributed by atoms with E-state index in [1.807, 2.05) is 0 Å². The Labute approximate surface area is 110 Å². The number of carbonyl (C=O) groups is 2. The van der Waals surface area contributed by atoms with E-state index in [0.29, 0.717) is 19.6 Å². The quantitative estimate of drug-likeness (QED) is 0.656. The molecular formula is C12H18N2O5. The summed E-state index contributed by atoms with van der Waals surface area (Å²) in [5.74, 6) is -2.06. The number of carbonyl (C=O) groups excluding carboxylic acids is 1. The number of unbranched alkanes of at least 4 members (excludes halogenated alkanes) is 1. The number of hydrogen-bond acceptors (Lipinski definition) is 5. The lowest BCUT2D eigenvalue weighted by atomic mass is 10.3. The van der Waals surface area contributed by atoms with Gasteiger partial charge in [0.2, 0.25) is 5.76 Å². The van der Waals surface area contributed by atoms with Crippen molar-refractivity contribution in [2.45, 2.75) is 26.2 Å². The third kappa shape index (κ3) is 5.52. The van der Waals surface area contributed by atoms with Gasteiger partial charge in [0.1, 0.15) is 0 Å². The van der Waals surface area contributed by atoms with Gasteiger partial charge in [0.05, 0.1) is 0 Å². The van der Waals surface area contributed by atoms with Gasteiger partial charge in [-0.25, -0.2) is 4.79 Å². The number of hydrogen-bond donors (Lipinski definition) is 2. The monoisotopic (exact) mass is 270 g/mol. The molecule has 0 saturated carbocycles. The summed E-state index contributed by atoms with van der Waals surface area (Å²) in [6.45, 7) is 3.85. The Bertz CT molecular complexity index is 416. The maximum atomic E-state index is 11.5. The third-order valence-corrected chi connectivity index (χ3v) is 2.35. The highest BCUT2D eigenvalue weighted by Gasteiger charge is 2.15. The Morgan fingerprint density at radius 2 is 2.16 bits per heavy atom. The number of nitrogens with one attached hydrogen (secondary N) is 1. The lowest BCUT2D eigenvalue weighted by Crippen LogP contribution is -2.25. The normalized spacial score (nSPS) is 10.4. The molecule has 7 nitrogen and oxygen atoms in total. The fourth-order valence-electron chi connectivity index (χ4n) is 1.30. The second kappa shape index (κ2) is 8.25.